The standard InChI is InChI=1S/C31H22N6/c1-4-11-22(12-5-1)20-36-28(24-15-8-3-9-16-24)26(23-13-6-2-7-14-23)27-30(36)33-21-37-31(27)34-29(35-37)25-17-10-18-32-19-25/h1-19,21H,20H2. The van der Waals surface area contributed by atoms with E-state index in [2.05, 4.69) is 82.3 Å². The molecule has 0 bridgehead atoms. The van der Waals surface area contributed by atoms with Crippen LogP contribution in [0.25, 0.3) is 50.5 Å². The topological polar surface area (TPSA) is 60.9 Å². The van der Waals surface area contributed by atoms with E-state index in [9.17, 15) is 0 Å². The SMILES string of the molecule is c1ccc(Cn2c(-c3ccccc3)c(-c3ccccc3)c3c2ncn2nc(-c4cccnc4)nc32)cc1. The van der Waals surface area contributed by atoms with Crippen LogP contribution in [0.3, 0.4) is 0 Å². The van der Waals surface area contributed by atoms with Crippen molar-refractivity contribution in [3.63, 3.8) is 0 Å². The van der Waals surface area contributed by atoms with Crippen LogP contribution in [0.4, 0.5) is 0 Å². The van der Waals surface area contributed by atoms with Gasteiger partial charge in [-0.1, -0.05) is 91.0 Å². The van der Waals surface area contributed by atoms with Gasteiger partial charge in [0.25, 0.3) is 0 Å². The Balaban J connectivity index is 1.60. The molecule has 0 fully saturated rings. The van der Waals surface area contributed by atoms with Crippen LogP contribution in [-0.2, 0) is 6.54 Å². The molecule has 7 rings (SSSR count). The highest BCUT2D eigenvalue weighted by atomic mass is 15.3. The van der Waals surface area contributed by atoms with Gasteiger partial charge >= 0.3 is 0 Å². The zero-order valence-electron chi connectivity index (χ0n) is 19.9. The third kappa shape index (κ3) is 3.67. The molecule has 0 aliphatic heterocycles. The Morgan fingerprint density at radius 2 is 1.32 bits per heavy atom. The fourth-order valence-corrected chi connectivity index (χ4v) is 4.96. The van der Waals surface area contributed by atoms with Crippen LogP contribution in [0.2, 0.25) is 0 Å². The van der Waals surface area contributed by atoms with Crippen molar-refractivity contribution in [2.24, 2.45) is 0 Å². The van der Waals surface area contributed by atoms with Gasteiger partial charge in [-0.15, -0.1) is 5.10 Å². The molecule has 0 amide bonds. The number of aromatic nitrogens is 6. The number of hydrogen-bond donors (Lipinski definition) is 0. The van der Waals surface area contributed by atoms with E-state index in [0.717, 1.165) is 44.6 Å². The summed E-state index contributed by atoms with van der Waals surface area (Å²) in [5.41, 5.74) is 8.16. The summed E-state index contributed by atoms with van der Waals surface area (Å²) in [6.07, 6.45) is 5.30. The van der Waals surface area contributed by atoms with Gasteiger partial charge in [0, 0.05) is 30.1 Å². The quantitative estimate of drug-likeness (QED) is 0.282. The second-order valence-corrected chi connectivity index (χ2v) is 8.92. The monoisotopic (exact) mass is 478 g/mol. The largest absolute Gasteiger partial charge is 0.320 e. The van der Waals surface area contributed by atoms with Gasteiger partial charge in [0.2, 0.25) is 0 Å². The minimum atomic E-state index is 0.624. The van der Waals surface area contributed by atoms with Crippen molar-refractivity contribution in [2.45, 2.75) is 6.54 Å². The molecule has 4 aromatic heterocycles. The predicted molar refractivity (Wildman–Crippen MR) is 146 cm³/mol. The maximum atomic E-state index is 5.01. The Labute approximate surface area is 213 Å². The van der Waals surface area contributed by atoms with Crippen molar-refractivity contribution in [2.75, 3.05) is 0 Å². The average molecular weight is 479 g/mol. The fourth-order valence-electron chi connectivity index (χ4n) is 4.96. The maximum absolute atomic E-state index is 5.01. The molecule has 0 unspecified atom stereocenters. The van der Waals surface area contributed by atoms with Crippen LogP contribution in [-0.4, -0.2) is 29.1 Å². The molecule has 37 heavy (non-hydrogen) atoms. The minimum Gasteiger partial charge on any atom is -0.320 e. The van der Waals surface area contributed by atoms with E-state index in [1.807, 2.05) is 30.3 Å². The Hall–Kier alpha value is -5.10. The lowest BCUT2D eigenvalue weighted by molar-refractivity contribution is 0.826. The minimum absolute atomic E-state index is 0.624. The van der Waals surface area contributed by atoms with Crippen LogP contribution >= 0.6 is 0 Å². The molecular weight excluding hydrogens is 456 g/mol. The fraction of sp³-hybridized carbons (Fsp3) is 0.0323. The normalized spacial score (nSPS) is 11.4. The summed E-state index contributed by atoms with van der Waals surface area (Å²) < 4.78 is 4.08. The molecule has 0 saturated heterocycles. The summed E-state index contributed by atoms with van der Waals surface area (Å²) in [4.78, 5) is 14.2. The molecule has 176 valence electrons. The lowest BCUT2D eigenvalue weighted by Crippen LogP contribution is -2.03. The molecular formula is C31H22N6. The zero-order valence-corrected chi connectivity index (χ0v) is 19.9. The Kier molecular flexibility index (Phi) is 5.07. The van der Waals surface area contributed by atoms with Crippen LogP contribution in [0.1, 0.15) is 5.56 Å². The Morgan fingerprint density at radius 1 is 0.649 bits per heavy atom. The van der Waals surface area contributed by atoms with Crippen molar-refractivity contribution in [1.29, 1.82) is 0 Å². The van der Waals surface area contributed by atoms with Gasteiger partial charge in [-0.2, -0.15) is 0 Å². The highest BCUT2D eigenvalue weighted by molar-refractivity contribution is 6.09. The highest BCUT2D eigenvalue weighted by Gasteiger charge is 2.25. The molecule has 6 nitrogen and oxygen atoms in total. The predicted octanol–water partition coefficient (Wildman–Crippen LogP) is 6.52. The van der Waals surface area contributed by atoms with Crippen LogP contribution in [0.15, 0.2) is 122 Å². The number of pyridine rings is 1. The molecule has 0 saturated carbocycles. The van der Waals surface area contributed by atoms with Crippen molar-refractivity contribution < 1.29 is 0 Å². The van der Waals surface area contributed by atoms with E-state index in [1.54, 1.807) is 23.2 Å². The van der Waals surface area contributed by atoms with Crippen LogP contribution < -0.4 is 0 Å². The summed E-state index contributed by atoms with van der Waals surface area (Å²) in [5.74, 6) is 0.624. The molecule has 7 aromatic rings. The first-order chi connectivity index (χ1) is 18.4. The number of benzene rings is 3. The summed E-state index contributed by atoms with van der Waals surface area (Å²) in [7, 11) is 0. The lowest BCUT2D eigenvalue weighted by Gasteiger charge is -2.13. The molecule has 6 heteroatoms. The van der Waals surface area contributed by atoms with Gasteiger partial charge in [-0.05, 0) is 28.8 Å². The van der Waals surface area contributed by atoms with Crippen molar-refractivity contribution in [3.8, 4) is 33.8 Å². The first-order valence-electron chi connectivity index (χ1n) is 12.2. The van der Waals surface area contributed by atoms with Crippen molar-refractivity contribution in [3.05, 3.63) is 127 Å². The van der Waals surface area contributed by atoms with E-state index < -0.39 is 0 Å². The van der Waals surface area contributed by atoms with E-state index in [-0.39, 0.29) is 0 Å². The molecule has 4 heterocycles. The molecule has 0 aliphatic carbocycles. The van der Waals surface area contributed by atoms with Gasteiger partial charge in [0.15, 0.2) is 11.5 Å². The van der Waals surface area contributed by atoms with Crippen LogP contribution in [0, 0.1) is 0 Å². The molecule has 0 radical (unpaired) electrons. The van der Waals surface area contributed by atoms with Gasteiger partial charge in [-0.3, -0.25) is 4.98 Å². The second-order valence-electron chi connectivity index (χ2n) is 8.92. The highest BCUT2D eigenvalue weighted by Crippen LogP contribution is 2.42. The third-order valence-corrected chi connectivity index (χ3v) is 6.59. The number of rotatable bonds is 5. The van der Waals surface area contributed by atoms with E-state index >= 15 is 0 Å². The molecule has 0 spiro atoms. The maximum Gasteiger partial charge on any atom is 0.183 e. The third-order valence-electron chi connectivity index (χ3n) is 6.59. The van der Waals surface area contributed by atoms with Gasteiger partial charge in [0.1, 0.15) is 12.0 Å². The van der Waals surface area contributed by atoms with Gasteiger partial charge < -0.3 is 4.57 Å². The first-order valence-corrected chi connectivity index (χ1v) is 12.2. The second kappa shape index (κ2) is 8.84. The summed E-state index contributed by atoms with van der Waals surface area (Å²) >= 11 is 0. The number of fused-ring (bicyclic) bond motifs is 3. The molecule has 0 aliphatic rings. The molecule has 0 atom stereocenters. The van der Waals surface area contributed by atoms with Crippen molar-refractivity contribution in [1.82, 2.24) is 29.1 Å². The Bertz CT molecular complexity index is 1820. The van der Waals surface area contributed by atoms with Crippen molar-refractivity contribution >= 4 is 16.7 Å². The van der Waals surface area contributed by atoms with Gasteiger partial charge in [0.05, 0.1) is 11.1 Å². The lowest BCUT2D eigenvalue weighted by atomic mass is 9.99. The molecule has 3 aromatic carbocycles. The summed E-state index contributed by atoms with van der Waals surface area (Å²) in [5, 5.41) is 5.74. The van der Waals surface area contributed by atoms with Crippen LogP contribution in [0.5, 0.6) is 0 Å². The number of hydrogen-bond acceptors (Lipinski definition) is 4. The average Bonchev–Trinajstić information content (AvgIpc) is 3.55. The van der Waals surface area contributed by atoms with E-state index in [0.29, 0.717) is 12.4 Å². The molecule has 0 N–H and O–H groups in total. The Morgan fingerprint density at radius 3 is 2.03 bits per heavy atom. The van der Waals surface area contributed by atoms with E-state index in [4.69, 9.17) is 15.1 Å². The van der Waals surface area contributed by atoms with E-state index in [1.165, 1.54) is 5.56 Å². The smallest absolute Gasteiger partial charge is 0.183 e. The summed E-state index contributed by atoms with van der Waals surface area (Å²) in [6, 6.07) is 35.4. The zero-order chi connectivity index (χ0) is 24.6. The number of nitrogens with zero attached hydrogens (tertiary/aromatic N) is 6. The van der Waals surface area contributed by atoms with Gasteiger partial charge in [-0.25, -0.2) is 14.5 Å². The summed E-state index contributed by atoms with van der Waals surface area (Å²) in [6.45, 7) is 0.682. The first kappa shape index (κ1) is 21.2.